The van der Waals surface area contributed by atoms with E-state index in [1.54, 1.807) is 0 Å². The summed E-state index contributed by atoms with van der Waals surface area (Å²) >= 11 is 0. The zero-order valence-corrected chi connectivity index (χ0v) is 9.66. The van der Waals surface area contributed by atoms with Crippen LogP contribution in [0, 0.1) is 5.92 Å². The van der Waals surface area contributed by atoms with Crippen molar-refractivity contribution in [3.05, 3.63) is 0 Å². The molecular weight excluding hydrogens is 192 g/mol. The lowest BCUT2D eigenvalue weighted by Gasteiger charge is -2.22. The zero-order chi connectivity index (χ0) is 11.3. The van der Waals surface area contributed by atoms with Crippen LogP contribution in [0.15, 0.2) is 0 Å². The number of carbonyl (C=O) groups excluding carboxylic acids is 1. The largest absolute Gasteiger partial charge is 0.376 e. The molecule has 1 saturated heterocycles. The van der Waals surface area contributed by atoms with Gasteiger partial charge in [0.25, 0.3) is 0 Å². The number of rotatable bonds is 5. The minimum Gasteiger partial charge on any atom is -0.376 e. The van der Waals surface area contributed by atoms with Gasteiger partial charge in [-0.05, 0) is 26.2 Å². The molecule has 88 valence electrons. The molecule has 0 aliphatic carbocycles. The van der Waals surface area contributed by atoms with Crippen molar-refractivity contribution in [2.45, 2.75) is 45.3 Å². The van der Waals surface area contributed by atoms with Gasteiger partial charge < -0.3 is 15.8 Å². The second kappa shape index (κ2) is 6.08. The first-order chi connectivity index (χ1) is 7.19. The molecule has 3 unspecified atom stereocenters. The van der Waals surface area contributed by atoms with Crippen LogP contribution in [0.5, 0.6) is 0 Å². The molecule has 3 atom stereocenters. The molecule has 4 heteroatoms. The van der Waals surface area contributed by atoms with Gasteiger partial charge in [0.05, 0.1) is 12.1 Å². The van der Waals surface area contributed by atoms with Crippen molar-refractivity contribution in [1.82, 2.24) is 5.32 Å². The molecule has 0 bridgehead atoms. The van der Waals surface area contributed by atoms with Gasteiger partial charge in [0.2, 0.25) is 5.91 Å². The Morgan fingerprint density at radius 1 is 1.67 bits per heavy atom. The van der Waals surface area contributed by atoms with Gasteiger partial charge in [-0.15, -0.1) is 0 Å². The number of nitrogens with two attached hydrogens (primary N) is 1. The molecule has 15 heavy (non-hydrogen) atoms. The fourth-order valence-corrected chi connectivity index (χ4v) is 1.89. The van der Waals surface area contributed by atoms with Crippen molar-refractivity contribution < 1.29 is 9.53 Å². The van der Waals surface area contributed by atoms with Crippen molar-refractivity contribution >= 4 is 5.91 Å². The molecule has 0 radical (unpaired) electrons. The predicted molar refractivity (Wildman–Crippen MR) is 59.4 cm³/mol. The van der Waals surface area contributed by atoms with Gasteiger partial charge >= 0.3 is 0 Å². The van der Waals surface area contributed by atoms with Crippen LogP contribution in [0.3, 0.4) is 0 Å². The summed E-state index contributed by atoms with van der Waals surface area (Å²) in [6.07, 6.45) is 3.12. The van der Waals surface area contributed by atoms with E-state index in [0.717, 1.165) is 25.9 Å². The zero-order valence-electron chi connectivity index (χ0n) is 9.66. The first-order valence-corrected chi connectivity index (χ1v) is 5.81. The van der Waals surface area contributed by atoms with E-state index in [4.69, 9.17) is 10.5 Å². The van der Waals surface area contributed by atoms with Crippen molar-refractivity contribution in [3.8, 4) is 0 Å². The SMILES string of the molecule is CCC(CN)C(=O)NC(C)C1CCCO1. The molecule has 1 amide bonds. The van der Waals surface area contributed by atoms with E-state index in [-0.39, 0.29) is 24.0 Å². The highest BCUT2D eigenvalue weighted by Gasteiger charge is 2.25. The van der Waals surface area contributed by atoms with Crippen LogP contribution >= 0.6 is 0 Å². The standard InChI is InChI=1S/C11H22N2O2/c1-3-9(7-12)11(14)13-8(2)10-5-4-6-15-10/h8-10H,3-7,12H2,1-2H3,(H,13,14). The van der Waals surface area contributed by atoms with Gasteiger partial charge in [-0.25, -0.2) is 0 Å². The van der Waals surface area contributed by atoms with Crippen LogP contribution in [0.4, 0.5) is 0 Å². The Bertz CT molecular complexity index is 199. The maximum Gasteiger partial charge on any atom is 0.224 e. The van der Waals surface area contributed by atoms with Gasteiger partial charge in [0.1, 0.15) is 0 Å². The van der Waals surface area contributed by atoms with E-state index in [0.29, 0.717) is 6.54 Å². The minimum atomic E-state index is -0.0612. The second-order valence-electron chi connectivity index (χ2n) is 4.19. The Balaban J connectivity index is 2.35. The molecule has 0 aromatic rings. The summed E-state index contributed by atoms with van der Waals surface area (Å²) in [7, 11) is 0. The summed E-state index contributed by atoms with van der Waals surface area (Å²) < 4.78 is 5.52. The smallest absolute Gasteiger partial charge is 0.224 e. The maximum atomic E-state index is 11.7. The molecule has 0 spiro atoms. The Morgan fingerprint density at radius 2 is 2.40 bits per heavy atom. The first kappa shape index (κ1) is 12.5. The molecule has 4 nitrogen and oxygen atoms in total. The van der Waals surface area contributed by atoms with Gasteiger partial charge in [-0.1, -0.05) is 6.92 Å². The van der Waals surface area contributed by atoms with E-state index in [1.807, 2.05) is 13.8 Å². The summed E-state index contributed by atoms with van der Waals surface area (Å²) in [5, 5.41) is 2.98. The summed E-state index contributed by atoms with van der Waals surface area (Å²) in [4.78, 5) is 11.7. The van der Waals surface area contributed by atoms with E-state index < -0.39 is 0 Å². The van der Waals surface area contributed by atoms with E-state index in [2.05, 4.69) is 5.32 Å². The Kier molecular flexibility index (Phi) is 5.05. The molecular formula is C11H22N2O2. The molecule has 1 fully saturated rings. The maximum absolute atomic E-state index is 11.7. The summed E-state index contributed by atoms with van der Waals surface area (Å²) in [6, 6.07) is 0.0978. The van der Waals surface area contributed by atoms with Crippen LogP contribution in [-0.4, -0.2) is 31.2 Å². The summed E-state index contributed by atoms with van der Waals surface area (Å²) in [5.41, 5.74) is 5.52. The Labute approximate surface area is 91.5 Å². The minimum absolute atomic E-state index is 0.0583. The third-order valence-corrected chi connectivity index (χ3v) is 3.04. The van der Waals surface area contributed by atoms with Crippen LogP contribution in [0.2, 0.25) is 0 Å². The summed E-state index contributed by atoms with van der Waals surface area (Å²) in [5.74, 6) is -0.00291. The van der Waals surface area contributed by atoms with Crippen molar-refractivity contribution in [2.24, 2.45) is 11.7 Å². The number of carbonyl (C=O) groups is 1. The van der Waals surface area contributed by atoms with Gasteiger partial charge in [0, 0.05) is 19.1 Å². The average molecular weight is 214 g/mol. The molecule has 0 saturated carbocycles. The van der Waals surface area contributed by atoms with Crippen molar-refractivity contribution in [1.29, 1.82) is 0 Å². The lowest BCUT2D eigenvalue weighted by atomic mass is 10.0. The molecule has 0 aromatic heterocycles. The average Bonchev–Trinajstić information content (AvgIpc) is 2.72. The van der Waals surface area contributed by atoms with E-state index in [1.165, 1.54) is 0 Å². The monoisotopic (exact) mass is 214 g/mol. The number of ether oxygens (including phenoxy) is 1. The molecule has 1 heterocycles. The third kappa shape index (κ3) is 3.47. The van der Waals surface area contributed by atoms with Crippen LogP contribution in [0.1, 0.15) is 33.1 Å². The van der Waals surface area contributed by atoms with Gasteiger partial charge in [-0.2, -0.15) is 0 Å². The highest BCUT2D eigenvalue weighted by Crippen LogP contribution is 2.15. The molecule has 3 N–H and O–H groups in total. The van der Waals surface area contributed by atoms with Crippen LogP contribution in [-0.2, 0) is 9.53 Å². The third-order valence-electron chi connectivity index (χ3n) is 3.04. The number of hydrogen-bond donors (Lipinski definition) is 2. The topological polar surface area (TPSA) is 64.4 Å². The van der Waals surface area contributed by atoms with Gasteiger partial charge in [0.15, 0.2) is 0 Å². The quantitative estimate of drug-likeness (QED) is 0.706. The lowest BCUT2D eigenvalue weighted by Crippen LogP contribution is -2.45. The first-order valence-electron chi connectivity index (χ1n) is 5.81. The van der Waals surface area contributed by atoms with E-state index in [9.17, 15) is 4.79 Å². The number of hydrogen-bond acceptors (Lipinski definition) is 3. The number of nitrogens with one attached hydrogen (secondary N) is 1. The van der Waals surface area contributed by atoms with E-state index >= 15 is 0 Å². The normalized spacial score (nSPS) is 24.9. The highest BCUT2D eigenvalue weighted by atomic mass is 16.5. The molecule has 0 aromatic carbocycles. The highest BCUT2D eigenvalue weighted by molar-refractivity contribution is 5.79. The summed E-state index contributed by atoms with van der Waals surface area (Å²) in [6.45, 7) is 5.21. The second-order valence-corrected chi connectivity index (χ2v) is 4.19. The van der Waals surface area contributed by atoms with Crippen molar-refractivity contribution in [2.75, 3.05) is 13.2 Å². The fraction of sp³-hybridized carbons (Fsp3) is 0.909. The molecule has 1 rings (SSSR count). The van der Waals surface area contributed by atoms with Crippen molar-refractivity contribution in [3.63, 3.8) is 0 Å². The predicted octanol–water partition coefficient (Wildman–Crippen LogP) is 0.655. The molecule has 1 aliphatic rings. The Morgan fingerprint density at radius 3 is 2.87 bits per heavy atom. The molecule has 1 aliphatic heterocycles. The number of amides is 1. The Hall–Kier alpha value is -0.610. The fourth-order valence-electron chi connectivity index (χ4n) is 1.89. The van der Waals surface area contributed by atoms with Gasteiger partial charge in [-0.3, -0.25) is 4.79 Å². The van der Waals surface area contributed by atoms with Crippen LogP contribution in [0.25, 0.3) is 0 Å². The lowest BCUT2D eigenvalue weighted by molar-refractivity contribution is -0.126. The van der Waals surface area contributed by atoms with Crippen LogP contribution < -0.4 is 11.1 Å².